The molecule has 1 atom stereocenters. The van der Waals surface area contributed by atoms with Gasteiger partial charge in [0.15, 0.2) is 0 Å². The van der Waals surface area contributed by atoms with Gasteiger partial charge in [0.25, 0.3) is 0 Å². The molecule has 0 amide bonds. The maximum absolute atomic E-state index is 11.2. The van der Waals surface area contributed by atoms with Gasteiger partial charge in [-0.1, -0.05) is 25.0 Å². The van der Waals surface area contributed by atoms with Crippen LogP contribution in [0.1, 0.15) is 49.7 Å². The van der Waals surface area contributed by atoms with Crippen molar-refractivity contribution >= 4 is 11.7 Å². The van der Waals surface area contributed by atoms with Crippen molar-refractivity contribution in [2.24, 2.45) is 5.92 Å². The molecule has 1 unspecified atom stereocenters. The monoisotopic (exact) mass is 273 g/mol. The molecule has 1 aliphatic heterocycles. The summed E-state index contributed by atoms with van der Waals surface area (Å²) in [6.07, 6.45) is 6.47. The molecule has 3 rings (SSSR count). The number of anilines is 1. The van der Waals surface area contributed by atoms with E-state index in [-0.39, 0.29) is 0 Å². The Morgan fingerprint density at radius 3 is 2.85 bits per heavy atom. The molecule has 3 heteroatoms. The van der Waals surface area contributed by atoms with E-state index in [0.717, 1.165) is 31.0 Å². The molecule has 0 radical (unpaired) electrons. The zero-order valence-electron chi connectivity index (χ0n) is 12.1. The Balaban J connectivity index is 1.82. The maximum atomic E-state index is 11.2. The molecule has 1 aromatic rings. The van der Waals surface area contributed by atoms with Gasteiger partial charge in [0.05, 0.1) is 5.92 Å². The van der Waals surface area contributed by atoms with Gasteiger partial charge in [0, 0.05) is 18.8 Å². The summed E-state index contributed by atoms with van der Waals surface area (Å²) in [4.78, 5) is 13.7. The van der Waals surface area contributed by atoms with Gasteiger partial charge in [0.2, 0.25) is 0 Å². The summed E-state index contributed by atoms with van der Waals surface area (Å²) < 4.78 is 0. The van der Waals surface area contributed by atoms with E-state index >= 15 is 0 Å². The number of carboxylic acid groups (broad SMARTS) is 1. The van der Waals surface area contributed by atoms with Crippen LogP contribution in [0, 0.1) is 5.92 Å². The van der Waals surface area contributed by atoms with Crippen molar-refractivity contribution in [2.75, 3.05) is 18.0 Å². The van der Waals surface area contributed by atoms with Gasteiger partial charge in [-0.25, -0.2) is 0 Å². The van der Waals surface area contributed by atoms with Crippen molar-refractivity contribution in [3.8, 4) is 0 Å². The Morgan fingerprint density at radius 1 is 1.40 bits per heavy atom. The number of hydrogen-bond donors (Lipinski definition) is 1. The quantitative estimate of drug-likeness (QED) is 0.913. The summed E-state index contributed by atoms with van der Waals surface area (Å²) >= 11 is 0. The normalized spacial score (nSPS) is 20.1. The Hall–Kier alpha value is -1.51. The molecule has 0 spiro atoms. The lowest BCUT2D eigenvalue weighted by Crippen LogP contribution is -2.26. The molecule has 1 fully saturated rings. The van der Waals surface area contributed by atoms with Crippen LogP contribution in [0.25, 0.3) is 0 Å². The standard InChI is InChI=1S/C17H23NO2/c1-12(17(19)20)14-7-4-8-16-15(14)9-10-18(16)11-13-5-2-3-6-13/h4,7-8,12-13H,2-3,5-6,9-11H2,1H3,(H,19,20). The van der Waals surface area contributed by atoms with Crippen LogP contribution in [0.4, 0.5) is 5.69 Å². The lowest BCUT2D eigenvalue weighted by Gasteiger charge is -2.23. The molecule has 108 valence electrons. The van der Waals surface area contributed by atoms with E-state index < -0.39 is 11.9 Å². The topological polar surface area (TPSA) is 40.5 Å². The largest absolute Gasteiger partial charge is 0.481 e. The highest BCUT2D eigenvalue weighted by molar-refractivity contribution is 5.78. The lowest BCUT2D eigenvalue weighted by molar-refractivity contribution is -0.138. The molecule has 1 N–H and O–H groups in total. The fourth-order valence-corrected chi connectivity index (χ4v) is 3.76. The summed E-state index contributed by atoms with van der Waals surface area (Å²) in [7, 11) is 0. The molecule has 0 saturated heterocycles. The van der Waals surface area contributed by atoms with Crippen LogP contribution in [-0.2, 0) is 11.2 Å². The van der Waals surface area contributed by atoms with Gasteiger partial charge in [-0.2, -0.15) is 0 Å². The number of nitrogens with zero attached hydrogens (tertiary/aromatic N) is 1. The van der Waals surface area contributed by atoms with Gasteiger partial charge in [-0.3, -0.25) is 4.79 Å². The first-order chi connectivity index (χ1) is 9.66. The van der Waals surface area contributed by atoms with Crippen molar-refractivity contribution in [1.29, 1.82) is 0 Å². The van der Waals surface area contributed by atoms with Crippen LogP contribution in [0.3, 0.4) is 0 Å². The van der Waals surface area contributed by atoms with Crippen LogP contribution in [0.2, 0.25) is 0 Å². The lowest BCUT2D eigenvalue weighted by atomic mass is 9.94. The fourth-order valence-electron chi connectivity index (χ4n) is 3.76. The first-order valence-corrected chi connectivity index (χ1v) is 7.76. The van der Waals surface area contributed by atoms with Crippen LogP contribution in [0.5, 0.6) is 0 Å². The molecule has 1 aliphatic carbocycles. The zero-order chi connectivity index (χ0) is 14.1. The highest BCUT2D eigenvalue weighted by Crippen LogP contribution is 2.36. The second-order valence-corrected chi connectivity index (χ2v) is 6.25. The molecule has 1 heterocycles. The number of aliphatic carboxylic acids is 1. The third kappa shape index (κ3) is 2.41. The SMILES string of the molecule is CC(C(=O)O)c1cccc2c1CCN2CC1CCCC1. The molecule has 3 nitrogen and oxygen atoms in total. The third-order valence-corrected chi connectivity index (χ3v) is 4.95. The van der Waals surface area contributed by atoms with Crippen molar-refractivity contribution < 1.29 is 9.90 Å². The summed E-state index contributed by atoms with van der Waals surface area (Å²) in [5, 5.41) is 9.25. The highest BCUT2D eigenvalue weighted by atomic mass is 16.4. The van der Waals surface area contributed by atoms with E-state index in [1.54, 1.807) is 6.92 Å². The minimum Gasteiger partial charge on any atom is -0.481 e. The Morgan fingerprint density at radius 2 is 2.15 bits per heavy atom. The third-order valence-electron chi connectivity index (χ3n) is 4.95. The van der Waals surface area contributed by atoms with Crippen LogP contribution < -0.4 is 4.90 Å². The highest BCUT2D eigenvalue weighted by Gasteiger charge is 2.28. The number of hydrogen-bond acceptors (Lipinski definition) is 2. The Labute approximate surface area is 120 Å². The van der Waals surface area contributed by atoms with Crippen molar-refractivity contribution in [3.63, 3.8) is 0 Å². The molecule has 2 aliphatic rings. The summed E-state index contributed by atoms with van der Waals surface area (Å²) in [6.45, 7) is 3.99. The predicted molar refractivity (Wildman–Crippen MR) is 80.4 cm³/mol. The first-order valence-electron chi connectivity index (χ1n) is 7.76. The summed E-state index contributed by atoms with van der Waals surface area (Å²) in [5.74, 6) is -0.300. The number of rotatable bonds is 4. The fraction of sp³-hybridized carbons (Fsp3) is 0.588. The number of carbonyl (C=O) groups is 1. The van der Waals surface area contributed by atoms with Gasteiger partial charge >= 0.3 is 5.97 Å². The van der Waals surface area contributed by atoms with E-state index in [0.29, 0.717) is 0 Å². The van der Waals surface area contributed by atoms with E-state index in [1.807, 2.05) is 12.1 Å². The van der Waals surface area contributed by atoms with Gasteiger partial charge in [-0.15, -0.1) is 0 Å². The van der Waals surface area contributed by atoms with E-state index in [9.17, 15) is 9.90 Å². The van der Waals surface area contributed by atoms with Crippen molar-refractivity contribution in [2.45, 2.75) is 44.9 Å². The molecule has 0 aromatic heterocycles. The summed E-state index contributed by atoms with van der Waals surface area (Å²) in [5.41, 5.74) is 3.55. The molecule has 1 saturated carbocycles. The summed E-state index contributed by atoms with van der Waals surface area (Å²) in [6, 6.07) is 6.16. The molecular weight excluding hydrogens is 250 g/mol. The Kier molecular flexibility index (Phi) is 3.68. The Bertz CT molecular complexity index is 506. The van der Waals surface area contributed by atoms with Gasteiger partial charge in [-0.05, 0) is 49.3 Å². The van der Waals surface area contributed by atoms with E-state index in [1.165, 1.54) is 36.9 Å². The minimum atomic E-state index is -0.729. The molecular formula is C17H23NO2. The van der Waals surface area contributed by atoms with Crippen molar-refractivity contribution in [3.05, 3.63) is 29.3 Å². The van der Waals surface area contributed by atoms with Gasteiger partial charge in [0.1, 0.15) is 0 Å². The zero-order valence-corrected chi connectivity index (χ0v) is 12.1. The second kappa shape index (κ2) is 5.47. The predicted octanol–water partition coefficient (Wildman–Crippen LogP) is 3.43. The number of benzene rings is 1. The second-order valence-electron chi connectivity index (χ2n) is 6.25. The number of carboxylic acids is 1. The average Bonchev–Trinajstić information content (AvgIpc) is 3.08. The molecule has 20 heavy (non-hydrogen) atoms. The first kappa shape index (κ1) is 13.5. The van der Waals surface area contributed by atoms with Crippen LogP contribution >= 0.6 is 0 Å². The molecule has 1 aromatic carbocycles. The minimum absolute atomic E-state index is 0.406. The van der Waals surface area contributed by atoms with E-state index in [2.05, 4.69) is 11.0 Å². The maximum Gasteiger partial charge on any atom is 0.310 e. The smallest absolute Gasteiger partial charge is 0.310 e. The molecule has 0 bridgehead atoms. The van der Waals surface area contributed by atoms with Gasteiger partial charge < -0.3 is 10.0 Å². The van der Waals surface area contributed by atoms with Crippen LogP contribution in [0.15, 0.2) is 18.2 Å². The van der Waals surface area contributed by atoms with Crippen LogP contribution in [-0.4, -0.2) is 24.2 Å². The van der Waals surface area contributed by atoms with E-state index in [4.69, 9.17) is 0 Å². The average molecular weight is 273 g/mol. The number of fused-ring (bicyclic) bond motifs is 1. The van der Waals surface area contributed by atoms with Crippen molar-refractivity contribution in [1.82, 2.24) is 0 Å².